The number of pyridine rings is 1. The van der Waals surface area contributed by atoms with Gasteiger partial charge in [-0.3, -0.25) is 4.79 Å². The first-order valence-corrected chi connectivity index (χ1v) is 9.16. The van der Waals surface area contributed by atoms with E-state index in [4.69, 9.17) is 5.26 Å². The summed E-state index contributed by atoms with van der Waals surface area (Å²) in [5.74, 6) is 0.369. The Bertz CT molecular complexity index is 998. The molecule has 128 valence electrons. The van der Waals surface area contributed by atoms with Crippen LogP contribution in [-0.4, -0.2) is 38.4 Å². The van der Waals surface area contributed by atoms with E-state index in [1.54, 1.807) is 0 Å². The quantitative estimate of drug-likeness (QED) is 0.714. The molecule has 0 spiro atoms. The zero-order chi connectivity index (χ0) is 17.6. The van der Waals surface area contributed by atoms with E-state index in [2.05, 4.69) is 49.7 Å². The van der Waals surface area contributed by atoms with E-state index in [1.807, 2.05) is 23.4 Å². The molecule has 0 unspecified atom stereocenters. The van der Waals surface area contributed by atoms with Crippen LogP contribution in [0, 0.1) is 17.2 Å². The van der Waals surface area contributed by atoms with E-state index in [0.29, 0.717) is 12.5 Å². The van der Waals surface area contributed by atoms with Gasteiger partial charge in [0, 0.05) is 41.5 Å². The topological polar surface area (TPSA) is 77.7 Å². The summed E-state index contributed by atoms with van der Waals surface area (Å²) in [5, 5.41) is 11.0. The molecular weight excluding hydrogens is 382 g/mol. The molecule has 0 saturated carbocycles. The minimum Gasteiger partial charge on any atom is -0.345 e. The number of nitrogens with zero attached hydrogens (tertiary/aromatic N) is 4. The summed E-state index contributed by atoms with van der Waals surface area (Å²) in [6, 6.07) is 4.22. The van der Waals surface area contributed by atoms with Gasteiger partial charge in [0.05, 0.1) is 23.0 Å². The number of aromatic nitrogens is 3. The molecule has 2 atom stereocenters. The molecule has 0 radical (unpaired) electrons. The maximum Gasteiger partial charge on any atom is 0.236 e. The molecule has 0 aliphatic carbocycles. The maximum atomic E-state index is 12.2. The van der Waals surface area contributed by atoms with Crippen LogP contribution in [0.5, 0.6) is 0 Å². The van der Waals surface area contributed by atoms with Crippen molar-refractivity contribution in [1.29, 1.82) is 5.26 Å². The third-order valence-corrected chi connectivity index (χ3v) is 5.81. The number of rotatable bonds is 2. The third-order valence-electron chi connectivity index (χ3n) is 5.19. The van der Waals surface area contributed by atoms with Gasteiger partial charge in [-0.2, -0.15) is 5.26 Å². The minimum absolute atomic E-state index is 0.0505. The molecule has 1 amide bonds. The number of halogens is 1. The van der Waals surface area contributed by atoms with Crippen molar-refractivity contribution in [3.63, 3.8) is 0 Å². The molecule has 1 fully saturated rings. The predicted molar refractivity (Wildman–Crippen MR) is 98.9 cm³/mol. The molecule has 7 heteroatoms. The summed E-state index contributed by atoms with van der Waals surface area (Å²) >= 11 is 3.62. The van der Waals surface area contributed by atoms with Crippen molar-refractivity contribution >= 4 is 43.8 Å². The van der Waals surface area contributed by atoms with E-state index < -0.39 is 0 Å². The Balaban J connectivity index is 1.80. The Morgan fingerprint density at radius 2 is 2.40 bits per heavy atom. The number of nitrogens with one attached hydrogen (secondary N) is 1. The van der Waals surface area contributed by atoms with Crippen molar-refractivity contribution in [3.05, 3.63) is 29.1 Å². The van der Waals surface area contributed by atoms with Crippen LogP contribution in [0.4, 0.5) is 0 Å². The van der Waals surface area contributed by atoms with E-state index in [0.717, 1.165) is 39.4 Å². The Labute approximate surface area is 153 Å². The number of carbonyl (C=O) groups excluding carboxylic acids is 1. The second-order valence-electron chi connectivity index (χ2n) is 6.65. The average Bonchev–Trinajstić information content (AvgIpc) is 3.19. The van der Waals surface area contributed by atoms with E-state index in [9.17, 15) is 4.79 Å². The summed E-state index contributed by atoms with van der Waals surface area (Å²) in [4.78, 5) is 21.7. The summed E-state index contributed by atoms with van der Waals surface area (Å²) in [7, 11) is 0. The minimum atomic E-state index is -0.0782. The number of likely N-dealkylation sites (tertiary alicyclic amines) is 1. The fraction of sp³-hybridized carbons (Fsp3) is 0.389. The van der Waals surface area contributed by atoms with Crippen molar-refractivity contribution in [3.8, 4) is 6.07 Å². The van der Waals surface area contributed by atoms with Crippen LogP contribution in [0.3, 0.4) is 0 Å². The number of piperidine rings is 1. The van der Waals surface area contributed by atoms with Crippen LogP contribution < -0.4 is 0 Å². The fourth-order valence-electron chi connectivity index (χ4n) is 3.78. The van der Waals surface area contributed by atoms with Crippen LogP contribution in [0.25, 0.3) is 21.9 Å². The largest absolute Gasteiger partial charge is 0.345 e. The number of nitriles is 1. The van der Waals surface area contributed by atoms with Crippen LogP contribution in [0.1, 0.15) is 25.8 Å². The molecule has 1 aliphatic heterocycles. The van der Waals surface area contributed by atoms with Gasteiger partial charge < -0.3 is 14.5 Å². The zero-order valence-electron chi connectivity index (χ0n) is 13.9. The van der Waals surface area contributed by atoms with Crippen LogP contribution in [-0.2, 0) is 4.79 Å². The smallest absolute Gasteiger partial charge is 0.236 e. The number of H-pyrrole nitrogens is 1. The lowest BCUT2D eigenvalue weighted by Gasteiger charge is -2.38. The molecule has 1 aliphatic rings. The lowest BCUT2D eigenvalue weighted by molar-refractivity contribution is -0.132. The number of hydrogen-bond donors (Lipinski definition) is 1. The van der Waals surface area contributed by atoms with E-state index in [1.165, 1.54) is 0 Å². The Hall–Kier alpha value is -2.33. The summed E-state index contributed by atoms with van der Waals surface area (Å²) in [6.45, 7) is 3.59. The average molecular weight is 400 g/mol. The van der Waals surface area contributed by atoms with Gasteiger partial charge in [-0.05, 0) is 34.3 Å². The summed E-state index contributed by atoms with van der Waals surface area (Å²) < 4.78 is 3.26. The van der Waals surface area contributed by atoms with Gasteiger partial charge in [0.25, 0.3) is 0 Å². The molecule has 3 aromatic rings. The van der Waals surface area contributed by atoms with Gasteiger partial charge in [-0.15, -0.1) is 0 Å². The number of aromatic amines is 1. The number of amides is 1. The van der Waals surface area contributed by atoms with Crippen molar-refractivity contribution in [1.82, 2.24) is 19.4 Å². The standard InChI is InChI=1S/C18H18BrN5O/c1-11-3-6-23(15(25)2-5-20)10-14(11)24-7-4-12-8-21-18-16(17(12)24)13(19)9-22-18/h4,7-9,11,14H,2-3,6,10H2,1H3,(H,21,22)/t11-,14+/m1/s1. The lowest BCUT2D eigenvalue weighted by atomic mass is 9.92. The highest BCUT2D eigenvalue weighted by molar-refractivity contribution is 9.10. The van der Waals surface area contributed by atoms with E-state index >= 15 is 0 Å². The molecule has 4 rings (SSSR count). The van der Waals surface area contributed by atoms with Crippen molar-refractivity contribution in [2.45, 2.75) is 25.8 Å². The van der Waals surface area contributed by atoms with Gasteiger partial charge in [-0.1, -0.05) is 6.92 Å². The number of fused-ring (bicyclic) bond motifs is 3. The monoisotopic (exact) mass is 399 g/mol. The number of carbonyl (C=O) groups is 1. The van der Waals surface area contributed by atoms with Crippen molar-refractivity contribution in [2.24, 2.45) is 5.92 Å². The first-order chi connectivity index (χ1) is 12.1. The highest BCUT2D eigenvalue weighted by atomic mass is 79.9. The summed E-state index contributed by atoms with van der Waals surface area (Å²) in [5.41, 5.74) is 1.98. The molecular formula is C18H18BrN5O. The molecule has 6 nitrogen and oxygen atoms in total. The molecule has 4 heterocycles. The lowest BCUT2D eigenvalue weighted by Crippen LogP contribution is -2.43. The van der Waals surface area contributed by atoms with Crippen molar-refractivity contribution < 1.29 is 4.79 Å². The maximum absolute atomic E-state index is 12.2. The highest BCUT2D eigenvalue weighted by Gasteiger charge is 2.31. The van der Waals surface area contributed by atoms with Crippen LogP contribution in [0.2, 0.25) is 0 Å². The summed E-state index contributed by atoms with van der Waals surface area (Å²) in [6.07, 6.45) is 6.75. The van der Waals surface area contributed by atoms with Gasteiger partial charge in [-0.25, -0.2) is 4.98 Å². The molecule has 25 heavy (non-hydrogen) atoms. The Kier molecular flexibility index (Phi) is 4.00. The third kappa shape index (κ3) is 2.61. The Morgan fingerprint density at radius 3 is 3.20 bits per heavy atom. The van der Waals surface area contributed by atoms with Crippen LogP contribution >= 0.6 is 15.9 Å². The number of hydrogen-bond acceptors (Lipinski definition) is 3. The predicted octanol–water partition coefficient (Wildman–Crippen LogP) is 3.60. The molecule has 3 aromatic heterocycles. The SMILES string of the molecule is C[C@@H]1CCN(C(=O)CC#N)C[C@@H]1n1ccc2cnc3[nH]cc(Br)c3c21. The molecule has 0 aromatic carbocycles. The second kappa shape index (κ2) is 6.19. The second-order valence-corrected chi connectivity index (χ2v) is 7.51. The highest BCUT2D eigenvalue weighted by Crippen LogP contribution is 2.36. The van der Waals surface area contributed by atoms with Gasteiger partial charge >= 0.3 is 0 Å². The molecule has 0 bridgehead atoms. The molecule has 1 saturated heterocycles. The van der Waals surface area contributed by atoms with Crippen molar-refractivity contribution in [2.75, 3.05) is 13.1 Å². The molecule has 1 N–H and O–H groups in total. The van der Waals surface area contributed by atoms with Gasteiger partial charge in [0.2, 0.25) is 5.91 Å². The normalized spacial score (nSPS) is 20.9. The Morgan fingerprint density at radius 1 is 1.56 bits per heavy atom. The first-order valence-electron chi connectivity index (χ1n) is 8.37. The van der Waals surface area contributed by atoms with Crippen LogP contribution in [0.15, 0.2) is 29.1 Å². The van der Waals surface area contributed by atoms with Gasteiger partial charge in [0.1, 0.15) is 12.1 Å². The zero-order valence-corrected chi connectivity index (χ0v) is 15.5. The fourth-order valence-corrected chi connectivity index (χ4v) is 4.27. The first kappa shape index (κ1) is 16.2. The van der Waals surface area contributed by atoms with Gasteiger partial charge in [0.15, 0.2) is 0 Å². The van der Waals surface area contributed by atoms with E-state index in [-0.39, 0.29) is 18.4 Å².